The second-order valence-electron chi connectivity index (χ2n) is 3.57. The van der Waals surface area contributed by atoms with E-state index in [1.807, 2.05) is 0 Å². The second-order valence-corrected chi connectivity index (χ2v) is 8.18. The van der Waals surface area contributed by atoms with Crippen LogP contribution in [-0.2, 0) is 0 Å². The van der Waals surface area contributed by atoms with Gasteiger partial charge in [0.1, 0.15) is 0 Å². The van der Waals surface area contributed by atoms with Crippen molar-refractivity contribution in [3.8, 4) is 0 Å². The van der Waals surface area contributed by atoms with Gasteiger partial charge in [0.05, 0.1) is 0 Å². The Hall–Kier alpha value is -0.261. The average Bonchev–Trinajstić information content (AvgIpc) is 2.54. The fraction of sp³-hybridized carbons (Fsp3) is 0.455. The summed E-state index contributed by atoms with van der Waals surface area (Å²) >= 11 is -0.363. The normalized spacial score (nSPS) is 29.1. The molecule has 1 heteroatoms. The molecule has 1 unspecified atom stereocenters. The predicted octanol–water partition coefficient (Wildman–Crippen LogP) is 2.43. The van der Waals surface area contributed by atoms with Gasteiger partial charge in [0.15, 0.2) is 0 Å². The molecule has 2 rings (SSSR count). The minimum absolute atomic E-state index is 0.363. The van der Waals surface area contributed by atoms with E-state index in [1.165, 1.54) is 17.1 Å². The van der Waals surface area contributed by atoms with Gasteiger partial charge in [-0.05, 0) is 0 Å². The van der Waals surface area contributed by atoms with E-state index in [2.05, 4.69) is 37.3 Å². The summed E-state index contributed by atoms with van der Waals surface area (Å²) in [6.07, 6.45) is 1.47. The van der Waals surface area contributed by atoms with Gasteiger partial charge in [0.2, 0.25) is 0 Å². The maximum atomic E-state index is 2.40. The molecule has 1 heterocycles. The molecule has 12 heavy (non-hydrogen) atoms. The summed E-state index contributed by atoms with van der Waals surface area (Å²) in [7, 11) is 0. The van der Waals surface area contributed by atoms with E-state index in [0.29, 0.717) is 0 Å². The van der Waals surface area contributed by atoms with Crippen LogP contribution in [0.3, 0.4) is 0 Å². The number of rotatable bonds is 1. The van der Waals surface area contributed by atoms with E-state index in [-0.39, 0.29) is 13.9 Å². The fourth-order valence-corrected chi connectivity index (χ4v) is 7.30. The Labute approximate surface area is 78.9 Å². The molecule has 1 aromatic rings. The molecule has 1 aliphatic rings. The van der Waals surface area contributed by atoms with Crippen LogP contribution < -0.4 is 4.46 Å². The van der Waals surface area contributed by atoms with Gasteiger partial charge in [-0.1, -0.05) is 0 Å². The van der Waals surface area contributed by atoms with Crippen LogP contribution in [0.2, 0.25) is 10.6 Å². The predicted molar refractivity (Wildman–Crippen MR) is 55.2 cm³/mol. The quantitative estimate of drug-likeness (QED) is 0.645. The molecular formula is C11H15Se+. The molecule has 0 saturated carbocycles. The molecule has 2 atom stereocenters. The van der Waals surface area contributed by atoms with E-state index in [1.54, 1.807) is 4.46 Å². The van der Waals surface area contributed by atoms with Crippen molar-refractivity contribution < 1.29 is 0 Å². The second kappa shape index (κ2) is 3.64. The molecule has 1 aromatic carbocycles. The van der Waals surface area contributed by atoms with Gasteiger partial charge in [-0.15, -0.1) is 0 Å². The van der Waals surface area contributed by atoms with E-state index in [4.69, 9.17) is 0 Å². The Morgan fingerprint density at radius 3 is 2.58 bits per heavy atom. The van der Waals surface area contributed by atoms with Crippen molar-refractivity contribution >= 4 is 18.4 Å². The molecular weight excluding hydrogens is 211 g/mol. The molecule has 64 valence electrons. The third-order valence-electron chi connectivity index (χ3n) is 2.42. The van der Waals surface area contributed by atoms with Gasteiger partial charge in [0.25, 0.3) is 0 Å². The molecule has 0 aromatic heterocycles. The Morgan fingerprint density at radius 2 is 2.00 bits per heavy atom. The van der Waals surface area contributed by atoms with Crippen LogP contribution in [-0.4, -0.2) is 13.9 Å². The molecule has 0 amide bonds. The van der Waals surface area contributed by atoms with Crippen LogP contribution in [0, 0.1) is 5.92 Å². The number of hydrogen-bond acceptors (Lipinski definition) is 0. The molecule has 1 aliphatic heterocycles. The first-order valence-corrected chi connectivity index (χ1v) is 7.87. The zero-order valence-electron chi connectivity index (χ0n) is 7.49. The van der Waals surface area contributed by atoms with Crippen molar-refractivity contribution in [3.63, 3.8) is 0 Å². The first kappa shape index (κ1) is 8.34. The van der Waals surface area contributed by atoms with Crippen LogP contribution in [0.4, 0.5) is 0 Å². The standard InChI is InChI=1S/C11H15Se/c1-10-7-8-12(9-10)11-5-3-2-4-6-11/h2-6,10H,7-9H2,1H3/q+1/t10-,12?/m0/s1. The van der Waals surface area contributed by atoms with Crippen LogP contribution >= 0.6 is 0 Å². The zero-order chi connectivity index (χ0) is 8.39. The summed E-state index contributed by atoms with van der Waals surface area (Å²) in [5.74, 6) is 0.996. The van der Waals surface area contributed by atoms with E-state index < -0.39 is 0 Å². The SMILES string of the molecule is C[C@H]1CC[Se+](c2ccccc2)C1. The summed E-state index contributed by atoms with van der Waals surface area (Å²) < 4.78 is 1.67. The van der Waals surface area contributed by atoms with Crippen molar-refractivity contribution in [1.82, 2.24) is 0 Å². The molecule has 0 spiro atoms. The first-order valence-electron chi connectivity index (χ1n) is 4.59. The Bertz CT molecular complexity index is 242. The van der Waals surface area contributed by atoms with Gasteiger partial charge < -0.3 is 0 Å². The van der Waals surface area contributed by atoms with Crippen LogP contribution in [0.1, 0.15) is 13.3 Å². The van der Waals surface area contributed by atoms with Crippen LogP contribution in [0.25, 0.3) is 0 Å². The molecule has 0 nitrogen and oxygen atoms in total. The topological polar surface area (TPSA) is 0 Å². The van der Waals surface area contributed by atoms with Crippen LogP contribution in [0.15, 0.2) is 30.3 Å². The maximum absolute atomic E-state index is 2.40. The summed E-state index contributed by atoms with van der Waals surface area (Å²) in [5, 5.41) is 3.04. The van der Waals surface area contributed by atoms with E-state index in [9.17, 15) is 0 Å². The Morgan fingerprint density at radius 1 is 1.25 bits per heavy atom. The molecule has 0 N–H and O–H groups in total. The van der Waals surface area contributed by atoms with Gasteiger partial charge in [-0.2, -0.15) is 0 Å². The van der Waals surface area contributed by atoms with Crippen molar-refractivity contribution in [2.75, 3.05) is 0 Å². The summed E-state index contributed by atoms with van der Waals surface area (Å²) in [6.45, 7) is 2.40. The van der Waals surface area contributed by atoms with Gasteiger partial charge >= 0.3 is 78.6 Å². The molecule has 0 radical (unpaired) electrons. The van der Waals surface area contributed by atoms with Gasteiger partial charge in [-0.25, -0.2) is 0 Å². The number of benzene rings is 1. The first-order chi connectivity index (χ1) is 5.86. The van der Waals surface area contributed by atoms with E-state index in [0.717, 1.165) is 5.92 Å². The summed E-state index contributed by atoms with van der Waals surface area (Å²) in [5.41, 5.74) is 0. The van der Waals surface area contributed by atoms with Crippen molar-refractivity contribution in [2.24, 2.45) is 5.92 Å². The number of hydrogen-bond donors (Lipinski definition) is 0. The summed E-state index contributed by atoms with van der Waals surface area (Å²) in [4.78, 5) is 0. The minimum atomic E-state index is -0.363. The van der Waals surface area contributed by atoms with Crippen LogP contribution in [0.5, 0.6) is 0 Å². The zero-order valence-corrected chi connectivity index (χ0v) is 9.21. The van der Waals surface area contributed by atoms with Crippen molar-refractivity contribution in [2.45, 2.75) is 24.0 Å². The Kier molecular flexibility index (Phi) is 2.53. The van der Waals surface area contributed by atoms with Gasteiger partial charge in [-0.3, -0.25) is 0 Å². The van der Waals surface area contributed by atoms with Gasteiger partial charge in [0, 0.05) is 0 Å². The summed E-state index contributed by atoms with van der Waals surface area (Å²) in [6, 6.07) is 11.1. The molecule has 0 aliphatic carbocycles. The van der Waals surface area contributed by atoms with E-state index >= 15 is 0 Å². The van der Waals surface area contributed by atoms with Crippen molar-refractivity contribution in [1.29, 1.82) is 0 Å². The average molecular weight is 226 g/mol. The molecule has 1 fully saturated rings. The monoisotopic (exact) mass is 227 g/mol. The van der Waals surface area contributed by atoms with Crippen molar-refractivity contribution in [3.05, 3.63) is 30.3 Å². The molecule has 1 saturated heterocycles. The molecule has 0 bridgehead atoms. The fourth-order valence-electron chi connectivity index (χ4n) is 1.68. The third-order valence-corrected chi connectivity index (χ3v) is 7.96. The Balaban J connectivity index is 2.11. The third kappa shape index (κ3) is 1.73.